The van der Waals surface area contributed by atoms with Gasteiger partial charge in [0, 0.05) is 23.8 Å². The topological polar surface area (TPSA) is 23.5 Å². The van der Waals surface area contributed by atoms with E-state index < -0.39 is 6.10 Å². The van der Waals surface area contributed by atoms with Crippen molar-refractivity contribution in [2.24, 2.45) is 5.92 Å². The zero-order chi connectivity index (χ0) is 15.0. The number of hydrogen-bond donors (Lipinski definition) is 1. The predicted molar refractivity (Wildman–Crippen MR) is 84.1 cm³/mol. The summed E-state index contributed by atoms with van der Waals surface area (Å²) in [7, 11) is 0. The molecule has 0 bridgehead atoms. The third kappa shape index (κ3) is 2.80. The van der Waals surface area contributed by atoms with E-state index in [0.29, 0.717) is 11.6 Å². The second-order valence-electron chi connectivity index (χ2n) is 6.78. The number of rotatable bonds is 2. The second kappa shape index (κ2) is 5.96. The molecular formula is C18H26FNO. The summed E-state index contributed by atoms with van der Waals surface area (Å²) < 4.78 is 13.9. The highest BCUT2D eigenvalue weighted by atomic mass is 19.1. The lowest BCUT2D eigenvalue weighted by atomic mass is 9.78. The predicted octanol–water partition coefficient (Wildman–Crippen LogP) is 4.35. The van der Waals surface area contributed by atoms with Gasteiger partial charge in [-0.3, -0.25) is 0 Å². The smallest absolute Gasteiger partial charge is 0.126 e. The Balaban J connectivity index is 1.99. The fraction of sp³-hybridized carbons (Fsp3) is 0.667. The first-order valence-corrected chi connectivity index (χ1v) is 8.32. The number of anilines is 1. The van der Waals surface area contributed by atoms with Crippen LogP contribution >= 0.6 is 0 Å². The van der Waals surface area contributed by atoms with E-state index in [0.717, 1.165) is 23.7 Å². The van der Waals surface area contributed by atoms with Crippen molar-refractivity contribution in [3.8, 4) is 0 Å². The van der Waals surface area contributed by atoms with E-state index in [1.807, 2.05) is 13.0 Å². The van der Waals surface area contributed by atoms with Crippen LogP contribution in [0.4, 0.5) is 10.1 Å². The summed E-state index contributed by atoms with van der Waals surface area (Å²) in [6.07, 6.45) is 7.11. The van der Waals surface area contributed by atoms with Crippen LogP contribution in [0.1, 0.15) is 62.7 Å². The van der Waals surface area contributed by atoms with Crippen LogP contribution < -0.4 is 4.90 Å². The summed E-state index contributed by atoms with van der Waals surface area (Å²) in [5.41, 5.74) is 2.47. The van der Waals surface area contributed by atoms with Crippen molar-refractivity contribution in [2.75, 3.05) is 11.4 Å². The molecule has 3 heteroatoms. The molecule has 1 saturated heterocycles. The lowest BCUT2D eigenvalue weighted by Gasteiger charge is -2.46. The first-order valence-electron chi connectivity index (χ1n) is 8.32. The van der Waals surface area contributed by atoms with Crippen LogP contribution in [0, 0.1) is 18.7 Å². The Morgan fingerprint density at radius 2 is 1.90 bits per heavy atom. The van der Waals surface area contributed by atoms with Gasteiger partial charge in [-0.15, -0.1) is 0 Å². The third-order valence-electron chi connectivity index (χ3n) is 5.31. The number of aryl methyl sites for hydroxylation is 1. The van der Waals surface area contributed by atoms with Gasteiger partial charge in [0.05, 0.1) is 6.10 Å². The number of fused-ring (bicyclic) bond motifs is 1. The van der Waals surface area contributed by atoms with Gasteiger partial charge in [0.2, 0.25) is 0 Å². The first kappa shape index (κ1) is 14.8. The lowest BCUT2D eigenvalue weighted by molar-refractivity contribution is 0.197. The Morgan fingerprint density at radius 3 is 2.67 bits per heavy atom. The number of aliphatic hydroxyl groups is 1. The molecule has 116 valence electrons. The highest BCUT2D eigenvalue weighted by Crippen LogP contribution is 2.40. The maximum Gasteiger partial charge on any atom is 0.126 e. The normalized spacial score (nSPS) is 27.3. The molecular weight excluding hydrogens is 265 g/mol. The van der Waals surface area contributed by atoms with Crippen molar-refractivity contribution >= 4 is 5.69 Å². The van der Waals surface area contributed by atoms with Crippen LogP contribution in [-0.4, -0.2) is 17.7 Å². The Bertz CT molecular complexity index is 512. The fourth-order valence-electron chi connectivity index (χ4n) is 4.19. The fourth-order valence-corrected chi connectivity index (χ4v) is 4.19. The van der Waals surface area contributed by atoms with Gasteiger partial charge >= 0.3 is 0 Å². The van der Waals surface area contributed by atoms with Crippen LogP contribution in [-0.2, 0) is 0 Å². The standard InChI is InChI=1S/C18H26FNO/c1-12-10-18(15(13(2)21)11-16(12)19)20-9-5-7-14-6-3-4-8-17(14)20/h10-11,13-14,17,21H,3-9H2,1-2H3/t13-,14+,17+/m0/s1. The molecule has 1 aromatic rings. The Morgan fingerprint density at radius 1 is 1.19 bits per heavy atom. The number of benzene rings is 1. The number of aliphatic hydroxyl groups excluding tert-OH is 1. The van der Waals surface area contributed by atoms with Gasteiger partial charge in [-0.05, 0) is 63.1 Å². The summed E-state index contributed by atoms with van der Waals surface area (Å²) in [5.74, 6) is 0.562. The number of hydrogen-bond acceptors (Lipinski definition) is 2. The monoisotopic (exact) mass is 291 g/mol. The van der Waals surface area contributed by atoms with Gasteiger partial charge in [-0.1, -0.05) is 12.8 Å². The number of halogens is 1. The lowest BCUT2D eigenvalue weighted by Crippen LogP contribution is -2.47. The van der Waals surface area contributed by atoms with Crippen molar-refractivity contribution in [1.29, 1.82) is 0 Å². The van der Waals surface area contributed by atoms with E-state index in [9.17, 15) is 9.50 Å². The molecule has 1 aliphatic carbocycles. The largest absolute Gasteiger partial charge is 0.389 e. The molecule has 21 heavy (non-hydrogen) atoms. The zero-order valence-corrected chi connectivity index (χ0v) is 13.1. The minimum Gasteiger partial charge on any atom is -0.389 e. The Hall–Kier alpha value is -1.09. The molecule has 3 rings (SSSR count). The summed E-state index contributed by atoms with van der Waals surface area (Å²) in [5, 5.41) is 10.1. The SMILES string of the molecule is Cc1cc(N2CCC[C@H]3CCCC[C@H]32)c([C@H](C)O)cc1F. The molecule has 1 N–H and O–H groups in total. The van der Waals surface area contributed by atoms with Crippen LogP contribution in [0.2, 0.25) is 0 Å². The number of nitrogens with zero attached hydrogens (tertiary/aromatic N) is 1. The van der Waals surface area contributed by atoms with E-state index in [4.69, 9.17) is 0 Å². The summed E-state index contributed by atoms with van der Waals surface area (Å²) >= 11 is 0. The highest BCUT2D eigenvalue weighted by molar-refractivity contribution is 5.58. The average Bonchev–Trinajstić information content (AvgIpc) is 2.49. The first-order chi connectivity index (χ1) is 10.1. The van der Waals surface area contributed by atoms with Gasteiger partial charge in [0.15, 0.2) is 0 Å². The molecule has 2 fully saturated rings. The summed E-state index contributed by atoms with van der Waals surface area (Å²) in [6, 6.07) is 4.05. The van der Waals surface area contributed by atoms with Crippen molar-refractivity contribution in [3.63, 3.8) is 0 Å². The average molecular weight is 291 g/mol. The molecule has 0 amide bonds. The minimum atomic E-state index is -0.626. The van der Waals surface area contributed by atoms with Gasteiger partial charge in [0.25, 0.3) is 0 Å². The highest BCUT2D eigenvalue weighted by Gasteiger charge is 2.34. The Labute approximate surface area is 127 Å². The molecule has 1 heterocycles. The van der Waals surface area contributed by atoms with Gasteiger partial charge in [-0.2, -0.15) is 0 Å². The maximum atomic E-state index is 13.9. The number of piperidine rings is 1. The van der Waals surface area contributed by atoms with Crippen molar-refractivity contribution in [1.82, 2.24) is 0 Å². The molecule has 2 aliphatic rings. The van der Waals surface area contributed by atoms with Gasteiger partial charge < -0.3 is 10.0 Å². The molecule has 3 atom stereocenters. The molecule has 1 aliphatic heterocycles. The van der Waals surface area contributed by atoms with Gasteiger partial charge in [0.1, 0.15) is 5.82 Å². The molecule has 0 aromatic heterocycles. The van der Waals surface area contributed by atoms with Crippen molar-refractivity contribution < 1.29 is 9.50 Å². The van der Waals surface area contributed by atoms with Crippen molar-refractivity contribution in [3.05, 3.63) is 29.1 Å². The summed E-state index contributed by atoms with van der Waals surface area (Å²) in [4.78, 5) is 2.46. The molecule has 2 nitrogen and oxygen atoms in total. The van der Waals surface area contributed by atoms with Crippen LogP contribution in [0.3, 0.4) is 0 Å². The third-order valence-corrected chi connectivity index (χ3v) is 5.31. The van der Waals surface area contributed by atoms with E-state index in [1.165, 1.54) is 44.6 Å². The van der Waals surface area contributed by atoms with E-state index >= 15 is 0 Å². The molecule has 1 saturated carbocycles. The van der Waals surface area contributed by atoms with Crippen LogP contribution in [0.25, 0.3) is 0 Å². The van der Waals surface area contributed by atoms with Crippen LogP contribution in [0.15, 0.2) is 12.1 Å². The molecule has 1 aromatic carbocycles. The van der Waals surface area contributed by atoms with Crippen LogP contribution in [0.5, 0.6) is 0 Å². The van der Waals surface area contributed by atoms with Crippen molar-refractivity contribution in [2.45, 2.75) is 64.5 Å². The molecule has 0 radical (unpaired) electrons. The van der Waals surface area contributed by atoms with E-state index in [-0.39, 0.29) is 5.82 Å². The summed E-state index contributed by atoms with van der Waals surface area (Å²) in [6.45, 7) is 4.58. The van der Waals surface area contributed by atoms with E-state index in [1.54, 1.807) is 6.92 Å². The van der Waals surface area contributed by atoms with Gasteiger partial charge in [-0.25, -0.2) is 4.39 Å². The zero-order valence-electron chi connectivity index (χ0n) is 13.1. The maximum absolute atomic E-state index is 13.9. The molecule has 0 unspecified atom stereocenters. The Kier molecular flexibility index (Phi) is 4.21. The minimum absolute atomic E-state index is 0.216. The second-order valence-corrected chi connectivity index (χ2v) is 6.78. The van der Waals surface area contributed by atoms with E-state index in [2.05, 4.69) is 4.90 Å². The quantitative estimate of drug-likeness (QED) is 0.876. The molecule has 0 spiro atoms.